The minimum absolute atomic E-state index is 0.387. The number of hydrogen-bond acceptors (Lipinski definition) is 4. The first-order valence-electron chi connectivity index (χ1n) is 6.41. The zero-order valence-electron chi connectivity index (χ0n) is 12.2. The number of rotatable bonds is 5. The van der Waals surface area contributed by atoms with Gasteiger partial charge in [-0.2, -0.15) is 0 Å². The van der Waals surface area contributed by atoms with E-state index in [1.165, 1.54) is 0 Å². The van der Waals surface area contributed by atoms with Crippen LogP contribution in [-0.2, 0) is 0 Å². The van der Waals surface area contributed by atoms with E-state index in [9.17, 15) is 0 Å². The van der Waals surface area contributed by atoms with Gasteiger partial charge in [-0.15, -0.1) is 0 Å². The molecule has 2 rings (SSSR count). The van der Waals surface area contributed by atoms with Crippen molar-refractivity contribution in [2.45, 2.75) is 6.04 Å². The molecule has 0 spiro atoms. The van der Waals surface area contributed by atoms with Gasteiger partial charge in [0.2, 0.25) is 0 Å². The maximum Gasteiger partial charge on any atom is 0.124 e. The summed E-state index contributed by atoms with van der Waals surface area (Å²) in [5, 5.41) is 0. The van der Waals surface area contributed by atoms with Crippen LogP contribution in [0.15, 0.2) is 40.9 Å². The average Bonchev–Trinajstić information content (AvgIpc) is 2.53. The zero-order valence-corrected chi connectivity index (χ0v) is 13.8. The first-order valence-corrected chi connectivity index (χ1v) is 7.21. The normalized spacial score (nSPS) is 11.9. The van der Waals surface area contributed by atoms with Crippen molar-refractivity contribution >= 4 is 15.9 Å². The van der Waals surface area contributed by atoms with E-state index in [4.69, 9.17) is 19.9 Å². The Morgan fingerprint density at radius 2 is 1.43 bits per heavy atom. The van der Waals surface area contributed by atoms with Crippen molar-refractivity contribution in [1.29, 1.82) is 0 Å². The van der Waals surface area contributed by atoms with Crippen LogP contribution in [0, 0.1) is 0 Å². The van der Waals surface area contributed by atoms with E-state index in [0.29, 0.717) is 5.75 Å². The molecule has 4 nitrogen and oxygen atoms in total. The lowest BCUT2D eigenvalue weighted by Crippen LogP contribution is -2.14. The minimum Gasteiger partial charge on any atom is -0.497 e. The van der Waals surface area contributed by atoms with Crippen LogP contribution in [0.2, 0.25) is 0 Å². The van der Waals surface area contributed by atoms with Crippen molar-refractivity contribution in [2.75, 3.05) is 21.3 Å². The number of halogens is 1. The molecule has 0 amide bonds. The minimum atomic E-state index is -0.387. The van der Waals surface area contributed by atoms with E-state index >= 15 is 0 Å². The molecule has 0 aromatic heterocycles. The molecule has 0 aliphatic rings. The molecule has 5 heteroatoms. The Morgan fingerprint density at radius 1 is 0.857 bits per heavy atom. The lowest BCUT2D eigenvalue weighted by molar-refractivity contribution is 0.393. The van der Waals surface area contributed by atoms with Gasteiger partial charge < -0.3 is 19.9 Å². The molecule has 2 aromatic carbocycles. The Labute approximate surface area is 132 Å². The maximum absolute atomic E-state index is 6.43. The summed E-state index contributed by atoms with van der Waals surface area (Å²) in [6.45, 7) is 0. The second kappa shape index (κ2) is 6.83. The second-order valence-electron chi connectivity index (χ2n) is 4.47. The Hall–Kier alpha value is -1.72. The van der Waals surface area contributed by atoms with Crippen LogP contribution in [0.1, 0.15) is 17.2 Å². The van der Waals surface area contributed by atoms with Crippen molar-refractivity contribution in [3.8, 4) is 17.2 Å². The summed E-state index contributed by atoms with van der Waals surface area (Å²) in [5.74, 6) is 2.18. The summed E-state index contributed by atoms with van der Waals surface area (Å²) < 4.78 is 17.0. The first-order chi connectivity index (χ1) is 10.1. The Balaban J connectivity index is 2.53. The van der Waals surface area contributed by atoms with E-state index in [-0.39, 0.29) is 6.04 Å². The molecule has 21 heavy (non-hydrogen) atoms. The average molecular weight is 352 g/mol. The summed E-state index contributed by atoms with van der Waals surface area (Å²) in [7, 11) is 4.87. The van der Waals surface area contributed by atoms with Crippen molar-refractivity contribution in [3.63, 3.8) is 0 Å². The van der Waals surface area contributed by atoms with E-state index in [2.05, 4.69) is 15.9 Å². The van der Waals surface area contributed by atoms with Gasteiger partial charge in [0.15, 0.2) is 0 Å². The van der Waals surface area contributed by atoms with E-state index in [0.717, 1.165) is 27.1 Å². The van der Waals surface area contributed by atoms with Crippen LogP contribution < -0.4 is 19.9 Å². The molecule has 0 aliphatic carbocycles. The molecule has 0 saturated carbocycles. The van der Waals surface area contributed by atoms with E-state index in [1.54, 1.807) is 21.3 Å². The van der Waals surface area contributed by atoms with Gasteiger partial charge >= 0.3 is 0 Å². The Kier molecular flexibility index (Phi) is 5.09. The van der Waals surface area contributed by atoms with Gasteiger partial charge in [0.25, 0.3) is 0 Å². The van der Waals surface area contributed by atoms with Crippen molar-refractivity contribution in [3.05, 3.63) is 52.0 Å². The molecule has 1 atom stereocenters. The zero-order chi connectivity index (χ0) is 15.4. The highest BCUT2D eigenvalue weighted by atomic mass is 79.9. The van der Waals surface area contributed by atoms with Gasteiger partial charge in [-0.05, 0) is 36.4 Å². The molecule has 2 N–H and O–H groups in total. The van der Waals surface area contributed by atoms with Crippen molar-refractivity contribution in [1.82, 2.24) is 0 Å². The highest BCUT2D eigenvalue weighted by Crippen LogP contribution is 2.36. The SMILES string of the molecule is COc1ccc(OC)c(C(N)c2cc(Br)ccc2OC)c1. The van der Waals surface area contributed by atoms with E-state index in [1.807, 2.05) is 36.4 Å². The van der Waals surface area contributed by atoms with Crippen LogP contribution in [-0.4, -0.2) is 21.3 Å². The highest BCUT2D eigenvalue weighted by molar-refractivity contribution is 9.10. The fourth-order valence-corrected chi connectivity index (χ4v) is 2.58. The first kappa shape index (κ1) is 15.7. The largest absolute Gasteiger partial charge is 0.497 e. The highest BCUT2D eigenvalue weighted by Gasteiger charge is 2.19. The molecule has 0 saturated heterocycles. The summed E-state index contributed by atoms with van der Waals surface area (Å²) in [6, 6.07) is 10.9. The molecule has 2 aromatic rings. The monoisotopic (exact) mass is 351 g/mol. The summed E-state index contributed by atoms with van der Waals surface area (Å²) in [5.41, 5.74) is 8.14. The van der Waals surface area contributed by atoms with Crippen molar-refractivity contribution in [2.24, 2.45) is 5.73 Å². The van der Waals surface area contributed by atoms with Crippen LogP contribution in [0.4, 0.5) is 0 Å². The van der Waals surface area contributed by atoms with Gasteiger partial charge in [-0.1, -0.05) is 15.9 Å². The van der Waals surface area contributed by atoms with Crippen LogP contribution >= 0.6 is 15.9 Å². The van der Waals surface area contributed by atoms with E-state index < -0.39 is 0 Å². The van der Waals surface area contributed by atoms with Crippen molar-refractivity contribution < 1.29 is 14.2 Å². The molecule has 0 heterocycles. The Morgan fingerprint density at radius 3 is 2.00 bits per heavy atom. The third-order valence-electron chi connectivity index (χ3n) is 3.30. The van der Waals surface area contributed by atoms with Gasteiger partial charge in [0.1, 0.15) is 17.2 Å². The molecule has 0 bridgehead atoms. The molecule has 1 unspecified atom stereocenters. The lowest BCUT2D eigenvalue weighted by Gasteiger charge is -2.19. The summed E-state index contributed by atoms with van der Waals surface area (Å²) >= 11 is 3.46. The third-order valence-corrected chi connectivity index (χ3v) is 3.79. The topological polar surface area (TPSA) is 53.7 Å². The van der Waals surface area contributed by atoms with Crippen LogP contribution in [0.3, 0.4) is 0 Å². The maximum atomic E-state index is 6.43. The number of benzene rings is 2. The summed E-state index contributed by atoms with van der Waals surface area (Å²) in [6.07, 6.45) is 0. The smallest absolute Gasteiger partial charge is 0.124 e. The molecule has 0 radical (unpaired) electrons. The summed E-state index contributed by atoms with van der Waals surface area (Å²) in [4.78, 5) is 0. The second-order valence-corrected chi connectivity index (χ2v) is 5.39. The van der Waals surface area contributed by atoms with Crippen LogP contribution in [0.5, 0.6) is 17.2 Å². The third kappa shape index (κ3) is 3.31. The lowest BCUT2D eigenvalue weighted by atomic mass is 9.97. The van der Waals surface area contributed by atoms with Gasteiger partial charge in [-0.25, -0.2) is 0 Å². The van der Waals surface area contributed by atoms with Gasteiger partial charge in [0, 0.05) is 15.6 Å². The predicted molar refractivity (Wildman–Crippen MR) is 86.3 cm³/mol. The molecule has 112 valence electrons. The Bertz CT molecular complexity index is 631. The fraction of sp³-hybridized carbons (Fsp3) is 0.250. The van der Waals surface area contributed by atoms with Gasteiger partial charge in [-0.3, -0.25) is 0 Å². The fourth-order valence-electron chi connectivity index (χ4n) is 2.20. The number of ether oxygens (including phenoxy) is 3. The molecular formula is C16H18BrNO3. The number of nitrogens with two attached hydrogens (primary N) is 1. The number of methoxy groups -OCH3 is 3. The quantitative estimate of drug-likeness (QED) is 0.895. The number of hydrogen-bond donors (Lipinski definition) is 1. The standard InChI is InChI=1S/C16H18BrNO3/c1-19-11-5-7-15(21-3)13(9-11)16(18)12-8-10(17)4-6-14(12)20-2/h4-9,16H,18H2,1-3H3. The molecular weight excluding hydrogens is 334 g/mol. The van der Waals surface area contributed by atoms with Gasteiger partial charge in [0.05, 0.1) is 27.4 Å². The molecule has 0 aliphatic heterocycles. The molecule has 0 fully saturated rings. The van der Waals surface area contributed by atoms with Crippen LogP contribution in [0.25, 0.3) is 0 Å². The predicted octanol–water partition coefficient (Wildman–Crippen LogP) is 3.52.